The Labute approximate surface area is 124 Å². The average Bonchev–Trinajstić information content (AvgIpc) is 2.95. The van der Waals surface area contributed by atoms with Crippen molar-refractivity contribution < 1.29 is 4.79 Å². The van der Waals surface area contributed by atoms with Gasteiger partial charge in [0.25, 0.3) is 5.91 Å². The molecule has 1 aliphatic rings. The summed E-state index contributed by atoms with van der Waals surface area (Å²) in [4.78, 5) is 12.6. The van der Waals surface area contributed by atoms with E-state index in [0.717, 1.165) is 36.5 Å². The zero-order chi connectivity index (χ0) is 14.8. The number of benzene rings is 1. The van der Waals surface area contributed by atoms with Gasteiger partial charge in [0.2, 0.25) is 0 Å². The van der Waals surface area contributed by atoms with Gasteiger partial charge in [-0.1, -0.05) is 12.1 Å². The molecule has 2 N–H and O–H groups in total. The highest BCUT2D eigenvalue weighted by atomic mass is 16.1. The number of carbonyl (C=O) groups is 1. The molecule has 0 fully saturated rings. The number of hydrogen-bond donors (Lipinski definition) is 2. The number of rotatable bonds is 3. The van der Waals surface area contributed by atoms with Crippen LogP contribution in [0.4, 0.5) is 5.82 Å². The SMILES string of the molecule is CC(C)n1nccc1NC(=O)c1cccc2c1CCNC2. The molecule has 2 aromatic rings. The lowest BCUT2D eigenvalue weighted by atomic mass is 9.95. The first-order valence-corrected chi connectivity index (χ1v) is 7.33. The molecule has 110 valence electrons. The van der Waals surface area contributed by atoms with Crippen LogP contribution in [0.25, 0.3) is 0 Å². The Morgan fingerprint density at radius 2 is 2.24 bits per heavy atom. The fourth-order valence-electron chi connectivity index (χ4n) is 2.75. The molecule has 0 bridgehead atoms. The molecule has 0 atom stereocenters. The largest absolute Gasteiger partial charge is 0.312 e. The van der Waals surface area contributed by atoms with Crippen LogP contribution < -0.4 is 10.6 Å². The molecule has 0 spiro atoms. The van der Waals surface area contributed by atoms with Crippen LogP contribution in [-0.4, -0.2) is 22.2 Å². The summed E-state index contributed by atoms with van der Waals surface area (Å²) in [5, 5.41) is 10.6. The summed E-state index contributed by atoms with van der Waals surface area (Å²) in [7, 11) is 0. The summed E-state index contributed by atoms with van der Waals surface area (Å²) in [6.07, 6.45) is 2.60. The fraction of sp³-hybridized carbons (Fsp3) is 0.375. The lowest BCUT2D eigenvalue weighted by Crippen LogP contribution is -2.27. The van der Waals surface area contributed by atoms with Crippen molar-refractivity contribution in [1.29, 1.82) is 0 Å². The van der Waals surface area contributed by atoms with Crippen LogP contribution in [0.3, 0.4) is 0 Å². The minimum atomic E-state index is -0.0591. The lowest BCUT2D eigenvalue weighted by molar-refractivity contribution is 0.102. The van der Waals surface area contributed by atoms with Gasteiger partial charge in [-0.3, -0.25) is 4.79 Å². The normalized spacial score (nSPS) is 14.0. The van der Waals surface area contributed by atoms with Crippen molar-refractivity contribution in [2.75, 3.05) is 11.9 Å². The van der Waals surface area contributed by atoms with Gasteiger partial charge in [-0.05, 0) is 44.0 Å². The molecule has 1 aromatic carbocycles. The van der Waals surface area contributed by atoms with E-state index < -0.39 is 0 Å². The Morgan fingerprint density at radius 1 is 1.38 bits per heavy atom. The van der Waals surface area contributed by atoms with Gasteiger partial charge in [-0.15, -0.1) is 0 Å². The van der Waals surface area contributed by atoms with Gasteiger partial charge in [0.1, 0.15) is 5.82 Å². The molecule has 0 aliphatic carbocycles. The summed E-state index contributed by atoms with van der Waals surface area (Å²) in [6, 6.07) is 7.96. The first kappa shape index (κ1) is 13.8. The number of fused-ring (bicyclic) bond motifs is 1. The first-order chi connectivity index (χ1) is 10.2. The Kier molecular flexibility index (Phi) is 3.75. The van der Waals surface area contributed by atoms with Crippen molar-refractivity contribution in [2.45, 2.75) is 32.9 Å². The van der Waals surface area contributed by atoms with Crippen molar-refractivity contribution in [3.63, 3.8) is 0 Å². The van der Waals surface area contributed by atoms with Gasteiger partial charge in [0, 0.05) is 24.2 Å². The molecule has 1 aliphatic heterocycles. The third kappa shape index (κ3) is 2.69. The Hall–Kier alpha value is -2.14. The predicted molar refractivity (Wildman–Crippen MR) is 82.4 cm³/mol. The fourth-order valence-corrected chi connectivity index (χ4v) is 2.75. The summed E-state index contributed by atoms with van der Waals surface area (Å²) < 4.78 is 1.81. The van der Waals surface area contributed by atoms with Crippen LogP contribution in [-0.2, 0) is 13.0 Å². The monoisotopic (exact) mass is 284 g/mol. The lowest BCUT2D eigenvalue weighted by Gasteiger charge is -2.20. The second-order valence-electron chi connectivity index (χ2n) is 5.58. The highest BCUT2D eigenvalue weighted by Crippen LogP contribution is 2.21. The molecule has 5 heteroatoms. The number of nitrogens with one attached hydrogen (secondary N) is 2. The third-order valence-electron chi connectivity index (χ3n) is 3.79. The second-order valence-corrected chi connectivity index (χ2v) is 5.58. The highest BCUT2D eigenvalue weighted by Gasteiger charge is 2.18. The van der Waals surface area contributed by atoms with Crippen molar-refractivity contribution in [3.05, 3.63) is 47.2 Å². The minimum absolute atomic E-state index is 0.0591. The summed E-state index contributed by atoms with van der Waals surface area (Å²) >= 11 is 0. The van der Waals surface area contributed by atoms with Gasteiger partial charge >= 0.3 is 0 Å². The van der Waals surface area contributed by atoms with Gasteiger partial charge in [-0.25, -0.2) is 4.68 Å². The Morgan fingerprint density at radius 3 is 3.05 bits per heavy atom. The van der Waals surface area contributed by atoms with E-state index in [2.05, 4.69) is 21.8 Å². The molecular weight excluding hydrogens is 264 g/mol. The first-order valence-electron chi connectivity index (χ1n) is 7.33. The number of anilines is 1. The minimum Gasteiger partial charge on any atom is -0.312 e. The van der Waals surface area contributed by atoms with Crippen LogP contribution in [0.15, 0.2) is 30.5 Å². The number of hydrogen-bond acceptors (Lipinski definition) is 3. The number of carbonyl (C=O) groups excluding carboxylic acids is 1. The van der Waals surface area contributed by atoms with Gasteiger partial charge in [0.15, 0.2) is 0 Å². The van der Waals surface area contributed by atoms with Crippen LogP contribution in [0, 0.1) is 0 Å². The predicted octanol–water partition coefficient (Wildman–Crippen LogP) is 2.36. The number of aromatic nitrogens is 2. The topological polar surface area (TPSA) is 59.0 Å². The zero-order valence-corrected chi connectivity index (χ0v) is 12.4. The van der Waals surface area contributed by atoms with E-state index in [1.54, 1.807) is 6.20 Å². The average molecular weight is 284 g/mol. The Bertz CT molecular complexity index is 660. The number of amides is 1. The van der Waals surface area contributed by atoms with Crippen LogP contribution in [0.5, 0.6) is 0 Å². The molecule has 0 radical (unpaired) electrons. The molecule has 2 heterocycles. The van der Waals surface area contributed by atoms with Crippen LogP contribution in [0.1, 0.15) is 41.4 Å². The summed E-state index contributed by atoms with van der Waals surface area (Å²) in [6.45, 7) is 5.83. The van der Waals surface area contributed by atoms with Crippen molar-refractivity contribution >= 4 is 11.7 Å². The molecule has 5 nitrogen and oxygen atoms in total. The summed E-state index contributed by atoms with van der Waals surface area (Å²) in [5.74, 6) is 0.678. The molecule has 0 saturated heterocycles. The van der Waals surface area contributed by atoms with Crippen LogP contribution in [0.2, 0.25) is 0 Å². The van der Waals surface area contributed by atoms with E-state index in [9.17, 15) is 4.79 Å². The molecule has 1 aromatic heterocycles. The second kappa shape index (κ2) is 5.69. The quantitative estimate of drug-likeness (QED) is 0.909. The third-order valence-corrected chi connectivity index (χ3v) is 3.79. The van der Waals surface area contributed by atoms with Crippen LogP contribution >= 0.6 is 0 Å². The van der Waals surface area contributed by atoms with E-state index in [1.807, 2.05) is 36.7 Å². The highest BCUT2D eigenvalue weighted by molar-refractivity contribution is 6.05. The number of nitrogens with zero attached hydrogens (tertiary/aromatic N) is 2. The van der Waals surface area contributed by atoms with Gasteiger partial charge in [-0.2, -0.15) is 5.10 Å². The van der Waals surface area contributed by atoms with E-state index in [4.69, 9.17) is 0 Å². The van der Waals surface area contributed by atoms with E-state index in [0.29, 0.717) is 0 Å². The molecule has 0 saturated carbocycles. The van der Waals surface area contributed by atoms with E-state index in [1.165, 1.54) is 5.56 Å². The molecule has 21 heavy (non-hydrogen) atoms. The molecule has 1 amide bonds. The maximum atomic E-state index is 12.6. The molecule has 0 unspecified atom stereocenters. The molecule has 3 rings (SSSR count). The maximum Gasteiger partial charge on any atom is 0.257 e. The standard InChI is InChI=1S/C16H20N4O/c1-11(2)20-15(7-9-18-20)19-16(21)14-5-3-4-12-10-17-8-6-13(12)14/h3-5,7,9,11,17H,6,8,10H2,1-2H3,(H,19,21). The van der Waals surface area contributed by atoms with Crippen molar-refractivity contribution in [3.8, 4) is 0 Å². The maximum absolute atomic E-state index is 12.6. The van der Waals surface area contributed by atoms with Gasteiger partial charge < -0.3 is 10.6 Å². The van der Waals surface area contributed by atoms with E-state index >= 15 is 0 Å². The molecular formula is C16H20N4O. The smallest absolute Gasteiger partial charge is 0.257 e. The summed E-state index contributed by atoms with van der Waals surface area (Å²) in [5.41, 5.74) is 3.14. The Balaban J connectivity index is 1.88. The van der Waals surface area contributed by atoms with Gasteiger partial charge in [0.05, 0.1) is 6.20 Å². The van der Waals surface area contributed by atoms with E-state index in [-0.39, 0.29) is 11.9 Å². The van der Waals surface area contributed by atoms with Crippen molar-refractivity contribution in [1.82, 2.24) is 15.1 Å². The zero-order valence-electron chi connectivity index (χ0n) is 12.4. The van der Waals surface area contributed by atoms with Crippen molar-refractivity contribution in [2.24, 2.45) is 0 Å².